The van der Waals surface area contributed by atoms with Gasteiger partial charge in [0.1, 0.15) is 6.54 Å². The monoisotopic (exact) mass is 299 g/mol. The van der Waals surface area contributed by atoms with E-state index >= 15 is 0 Å². The highest BCUT2D eigenvalue weighted by atomic mass is 16.4. The Bertz CT molecular complexity index is 424. The molecule has 1 rings (SSSR count). The van der Waals surface area contributed by atoms with Crippen LogP contribution in [0.15, 0.2) is 0 Å². The molecule has 0 spiro atoms. The molecule has 0 aromatic rings. The van der Waals surface area contributed by atoms with Crippen LogP contribution in [0.25, 0.3) is 0 Å². The maximum absolute atomic E-state index is 12.5. The number of aliphatic carboxylic acids is 1. The molecule has 7 nitrogen and oxygen atoms in total. The molecule has 7 heteroatoms. The highest BCUT2D eigenvalue weighted by molar-refractivity contribution is 5.84. The molecule has 3 N–H and O–H groups in total. The second-order valence-electron chi connectivity index (χ2n) is 5.98. The Kier molecular flexibility index (Phi) is 5.57. The van der Waals surface area contributed by atoms with E-state index in [0.29, 0.717) is 19.4 Å². The van der Waals surface area contributed by atoms with Crippen LogP contribution in [0.5, 0.6) is 0 Å². The normalized spacial score (nSPS) is 21.6. The molecule has 1 fully saturated rings. The topological polar surface area (TPSA) is 104 Å². The van der Waals surface area contributed by atoms with Crippen LogP contribution in [0.4, 0.5) is 4.79 Å². The van der Waals surface area contributed by atoms with E-state index in [1.807, 2.05) is 6.92 Å². The lowest BCUT2D eigenvalue weighted by Crippen LogP contribution is -2.49. The Morgan fingerprint density at radius 3 is 2.43 bits per heavy atom. The van der Waals surface area contributed by atoms with Gasteiger partial charge >= 0.3 is 12.0 Å². The lowest BCUT2D eigenvalue weighted by molar-refractivity contribution is -0.148. The van der Waals surface area contributed by atoms with E-state index in [9.17, 15) is 19.5 Å². The van der Waals surface area contributed by atoms with E-state index < -0.39 is 17.3 Å². The van der Waals surface area contributed by atoms with E-state index in [4.69, 9.17) is 5.73 Å². The van der Waals surface area contributed by atoms with Crippen molar-refractivity contribution in [2.75, 3.05) is 19.6 Å². The lowest BCUT2D eigenvalue weighted by atomic mass is 9.83. The summed E-state index contributed by atoms with van der Waals surface area (Å²) in [5.41, 5.74) is 4.31. The molecular formula is C14H25N3O4. The highest BCUT2D eigenvalue weighted by Crippen LogP contribution is 2.36. The molecule has 0 aromatic heterocycles. The summed E-state index contributed by atoms with van der Waals surface area (Å²) in [5.74, 6) is -1.43. The maximum atomic E-state index is 12.5. The number of carbonyl (C=O) groups is 3. The van der Waals surface area contributed by atoms with Crippen molar-refractivity contribution in [2.45, 2.75) is 46.1 Å². The van der Waals surface area contributed by atoms with E-state index in [0.717, 1.165) is 6.42 Å². The van der Waals surface area contributed by atoms with Gasteiger partial charge in [0, 0.05) is 19.1 Å². The molecule has 0 radical (unpaired) electrons. The Labute approximate surface area is 125 Å². The minimum Gasteiger partial charge on any atom is -0.481 e. The zero-order chi connectivity index (χ0) is 16.2. The van der Waals surface area contributed by atoms with Gasteiger partial charge in [-0.3, -0.25) is 9.59 Å². The van der Waals surface area contributed by atoms with Crippen molar-refractivity contribution < 1.29 is 19.5 Å². The van der Waals surface area contributed by atoms with E-state index in [2.05, 4.69) is 0 Å². The third-order valence-corrected chi connectivity index (χ3v) is 4.00. The summed E-state index contributed by atoms with van der Waals surface area (Å²) in [6, 6.07) is -0.487. The maximum Gasteiger partial charge on any atom is 0.320 e. The molecule has 21 heavy (non-hydrogen) atoms. The molecule has 0 bridgehead atoms. The SMILES string of the molecule is CCCC1(C(=O)O)CCN(C(=O)N(CC(N)=O)C(C)C)C1. The van der Waals surface area contributed by atoms with Crippen LogP contribution < -0.4 is 5.73 Å². The number of hydrogen-bond acceptors (Lipinski definition) is 3. The van der Waals surface area contributed by atoms with Crippen molar-refractivity contribution in [1.82, 2.24) is 9.80 Å². The first-order valence-electron chi connectivity index (χ1n) is 7.30. The van der Waals surface area contributed by atoms with Crippen LogP contribution in [0, 0.1) is 5.41 Å². The third kappa shape index (κ3) is 3.86. The first-order chi connectivity index (χ1) is 9.73. The Balaban J connectivity index is 2.84. The largest absolute Gasteiger partial charge is 0.481 e. The van der Waals surface area contributed by atoms with Gasteiger partial charge in [0.15, 0.2) is 0 Å². The van der Waals surface area contributed by atoms with Crippen molar-refractivity contribution in [3.8, 4) is 0 Å². The number of carboxylic acids is 1. The van der Waals surface area contributed by atoms with Crippen molar-refractivity contribution in [3.63, 3.8) is 0 Å². The Hall–Kier alpha value is -1.79. The quantitative estimate of drug-likeness (QED) is 0.759. The molecule has 1 aliphatic rings. The predicted molar refractivity (Wildman–Crippen MR) is 77.6 cm³/mol. The average molecular weight is 299 g/mol. The second-order valence-corrected chi connectivity index (χ2v) is 5.98. The van der Waals surface area contributed by atoms with E-state index in [1.54, 1.807) is 13.8 Å². The second kappa shape index (κ2) is 6.78. The van der Waals surface area contributed by atoms with Gasteiger partial charge in [-0.25, -0.2) is 4.79 Å². The summed E-state index contributed by atoms with van der Waals surface area (Å²) in [4.78, 5) is 38.0. The number of urea groups is 1. The number of hydrogen-bond donors (Lipinski definition) is 2. The fraction of sp³-hybridized carbons (Fsp3) is 0.786. The summed E-state index contributed by atoms with van der Waals surface area (Å²) in [6.07, 6.45) is 1.75. The molecule has 0 aliphatic carbocycles. The van der Waals surface area contributed by atoms with E-state index in [1.165, 1.54) is 9.80 Å². The van der Waals surface area contributed by atoms with Gasteiger partial charge in [0.2, 0.25) is 5.91 Å². The Morgan fingerprint density at radius 1 is 1.38 bits per heavy atom. The molecule has 1 saturated heterocycles. The number of carboxylic acid groups (broad SMARTS) is 1. The molecule has 120 valence electrons. The zero-order valence-corrected chi connectivity index (χ0v) is 13.0. The van der Waals surface area contributed by atoms with Gasteiger partial charge in [0.25, 0.3) is 0 Å². The summed E-state index contributed by atoms with van der Waals surface area (Å²) >= 11 is 0. The smallest absolute Gasteiger partial charge is 0.320 e. The average Bonchev–Trinajstić information content (AvgIpc) is 2.81. The number of nitrogens with zero attached hydrogens (tertiary/aromatic N) is 2. The molecule has 0 saturated carbocycles. The van der Waals surface area contributed by atoms with Gasteiger partial charge in [-0.1, -0.05) is 13.3 Å². The number of amides is 3. The third-order valence-electron chi connectivity index (χ3n) is 4.00. The van der Waals surface area contributed by atoms with Gasteiger partial charge in [-0.15, -0.1) is 0 Å². The summed E-state index contributed by atoms with van der Waals surface area (Å²) in [6.45, 7) is 5.97. The van der Waals surface area contributed by atoms with Crippen LogP contribution in [0.2, 0.25) is 0 Å². The van der Waals surface area contributed by atoms with Crippen molar-refractivity contribution in [2.24, 2.45) is 11.1 Å². The van der Waals surface area contributed by atoms with Gasteiger partial charge in [-0.05, 0) is 26.7 Å². The molecule has 0 aromatic carbocycles. The number of rotatable bonds is 6. The Morgan fingerprint density at radius 2 is 2.00 bits per heavy atom. The van der Waals surface area contributed by atoms with E-state index in [-0.39, 0.29) is 25.2 Å². The molecule has 1 heterocycles. The van der Waals surface area contributed by atoms with Crippen LogP contribution in [0.1, 0.15) is 40.0 Å². The summed E-state index contributed by atoms with van der Waals surface area (Å²) in [7, 11) is 0. The van der Waals surface area contributed by atoms with Crippen LogP contribution >= 0.6 is 0 Å². The molecule has 1 atom stereocenters. The standard InChI is InChI=1S/C14H25N3O4/c1-4-5-14(12(19)20)6-7-16(9-14)13(21)17(10(2)3)8-11(15)18/h10H,4-9H2,1-3H3,(H2,15,18)(H,19,20). The van der Waals surface area contributed by atoms with Gasteiger partial charge in [0.05, 0.1) is 5.41 Å². The van der Waals surface area contributed by atoms with Crippen molar-refractivity contribution in [3.05, 3.63) is 0 Å². The predicted octanol–water partition coefficient (Wildman–Crippen LogP) is 0.879. The number of primary amides is 1. The number of nitrogens with two attached hydrogens (primary N) is 1. The minimum absolute atomic E-state index is 0.152. The molecule has 3 amide bonds. The molecular weight excluding hydrogens is 274 g/mol. The van der Waals surface area contributed by atoms with Crippen molar-refractivity contribution in [1.29, 1.82) is 0 Å². The first-order valence-corrected chi connectivity index (χ1v) is 7.30. The molecule has 1 unspecified atom stereocenters. The number of likely N-dealkylation sites (tertiary alicyclic amines) is 1. The van der Waals surface area contributed by atoms with Gasteiger partial charge in [-0.2, -0.15) is 0 Å². The number of carbonyl (C=O) groups excluding carboxylic acids is 2. The van der Waals surface area contributed by atoms with Crippen LogP contribution in [0.3, 0.4) is 0 Å². The highest BCUT2D eigenvalue weighted by Gasteiger charge is 2.46. The fourth-order valence-corrected chi connectivity index (χ4v) is 2.82. The van der Waals surface area contributed by atoms with Crippen LogP contribution in [-0.4, -0.2) is 58.5 Å². The lowest BCUT2D eigenvalue weighted by Gasteiger charge is -2.31. The van der Waals surface area contributed by atoms with Crippen molar-refractivity contribution >= 4 is 17.9 Å². The fourth-order valence-electron chi connectivity index (χ4n) is 2.82. The van der Waals surface area contributed by atoms with Crippen LogP contribution in [-0.2, 0) is 9.59 Å². The first kappa shape index (κ1) is 17.3. The summed E-state index contributed by atoms with van der Waals surface area (Å²) in [5, 5.41) is 9.46. The zero-order valence-electron chi connectivity index (χ0n) is 13.0. The molecule has 1 aliphatic heterocycles. The van der Waals surface area contributed by atoms with Gasteiger partial charge < -0.3 is 20.6 Å². The minimum atomic E-state index is -0.861. The summed E-state index contributed by atoms with van der Waals surface area (Å²) < 4.78 is 0.